The first-order valence-corrected chi connectivity index (χ1v) is 6.51. The molecule has 0 saturated heterocycles. The Balaban J connectivity index is 2.33. The average molecular weight is 292 g/mol. The second-order valence-corrected chi connectivity index (χ2v) is 4.75. The molecule has 4 nitrogen and oxygen atoms in total. The molecule has 0 atom stereocenters. The molecule has 0 aliphatic rings. The fraction of sp³-hybridized carbons (Fsp3) is 0.143. The summed E-state index contributed by atoms with van der Waals surface area (Å²) in [4.78, 5) is 11.3. The van der Waals surface area contributed by atoms with Gasteiger partial charge >= 0.3 is 0 Å². The fourth-order valence-corrected chi connectivity index (χ4v) is 2.42. The molecular formula is C14H11ClFN3O. The molecule has 3 aromatic rings. The Bertz CT molecular complexity index is 780. The van der Waals surface area contributed by atoms with Gasteiger partial charge < -0.3 is 10.1 Å². The number of nitrogens with one attached hydrogen (secondary N) is 1. The van der Waals surface area contributed by atoms with Gasteiger partial charge in [0.25, 0.3) is 0 Å². The molecule has 0 saturated carbocycles. The molecule has 2 heterocycles. The zero-order valence-electron chi connectivity index (χ0n) is 10.6. The van der Waals surface area contributed by atoms with E-state index >= 15 is 0 Å². The van der Waals surface area contributed by atoms with Crippen LogP contribution in [0.3, 0.4) is 0 Å². The number of aromatic hydroxyl groups is 1. The molecule has 0 radical (unpaired) electrons. The van der Waals surface area contributed by atoms with Gasteiger partial charge in [-0.05, 0) is 18.6 Å². The summed E-state index contributed by atoms with van der Waals surface area (Å²) < 4.78 is 14.0. The molecule has 0 spiro atoms. The van der Waals surface area contributed by atoms with E-state index in [-0.39, 0.29) is 22.3 Å². The molecule has 6 heteroatoms. The number of nitrogens with zero attached hydrogens (tertiary/aromatic N) is 2. The highest BCUT2D eigenvalue weighted by Crippen LogP contribution is 2.32. The lowest BCUT2D eigenvalue weighted by atomic mass is 10.1. The van der Waals surface area contributed by atoms with E-state index in [1.807, 2.05) is 6.92 Å². The topological polar surface area (TPSA) is 61.8 Å². The van der Waals surface area contributed by atoms with Crippen LogP contribution >= 0.6 is 11.6 Å². The number of fused-ring (bicyclic) bond motifs is 1. The first kappa shape index (κ1) is 12.9. The van der Waals surface area contributed by atoms with E-state index in [1.54, 1.807) is 12.3 Å². The smallest absolute Gasteiger partial charge is 0.199 e. The Morgan fingerprint density at radius 2 is 2.15 bits per heavy atom. The summed E-state index contributed by atoms with van der Waals surface area (Å²) in [5.74, 6) is -0.238. The van der Waals surface area contributed by atoms with E-state index in [0.717, 1.165) is 0 Å². The van der Waals surface area contributed by atoms with Crippen molar-refractivity contribution in [3.63, 3.8) is 0 Å². The number of H-pyrrole nitrogens is 1. The summed E-state index contributed by atoms with van der Waals surface area (Å²) in [6.07, 6.45) is 2.15. The third-order valence-electron chi connectivity index (χ3n) is 3.12. The van der Waals surface area contributed by atoms with E-state index < -0.39 is 5.82 Å². The molecule has 102 valence electrons. The highest BCUT2D eigenvalue weighted by Gasteiger charge is 2.17. The number of aryl methyl sites for hydroxylation is 1. The van der Waals surface area contributed by atoms with Crippen LogP contribution in [0.2, 0.25) is 5.02 Å². The Labute approximate surface area is 119 Å². The normalized spacial score (nSPS) is 11.2. The third kappa shape index (κ3) is 1.91. The predicted octanol–water partition coefficient (Wildman–Crippen LogP) is 3.69. The number of aromatic amines is 1. The molecule has 0 fully saturated rings. The van der Waals surface area contributed by atoms with Gasteiger partial charge in [-0.3, -0.25) is 0 Å². The first-order chi connectivity index (χ1) is 9.61. The summed E-state index contributed by atoms with van der Waals surface area (Å²) in [5.41, 5.74) is 1.35. The molecule has 0 amide bonds. The maximum atomic E-state index is 14.0. The fourth-order valence-electron chi connectivity index (χ4n) is 2.18. The molecule has 2 N–H and O–H groups in total. The van der Waals surface area contributed by atoms with E-state index in [1.165, 1.54) is 12.1 Å². The molecule has 0 aliphatic heterocycles. The average Bonchev–Trinajstić information content (AvgIpc) is 2.79. The van der Waals surface area contributed by atoms with Gasteiger partial charge in [0.2, 0.25) is 0 Å². The molecule has 0 bridgehead atoms. The van der Waals surface area contributed by atoms with Crippen LogP contribution < -0.4 is 0 Å². The number of hydrogen-bond donors (Lipinski definition) is 2. The Hall–Kier alpha value is -2.14. The molecular weight excluding hydrogens is 281 g/mol. The number of halogens is 2. The standard InChI is InChI=1S/C14H11ClFN3O/c1-2-9-12-10(6-17-14(12)20)19-13(18-9)11-7(15)4-3-5-8(11)16/h3-6,17,20H,2H2,1H3. The first-order valence-electron chi connectivity index (χ1n) is 6.13. The van der Waals surface area contributed by atoms with Gasteiger partial charge in [0.15, 0.2) is 11.7 Å². The number of aromatic nitrogens is 3. The van der Waals surface area contributed by atoms with Crippen LogP contribution in [-0.4, -0.2) is 20.1 Å². The van der Waals surface area contributed by atoms with Gasteiger partial charge in [-0.25, -0.2) is 14.4 Å². The van der Waals surface area contributed by atoms with Crippen molar-refractivity contribution in [2.45, 2.75) is 13.3 Å². The van der Waals surface area contributed by atoms with Gasteiger partial charge in [-0.2, -0.15) is 0 Å². The minimum atomic E-state index is -0.473. The van der Waals surface area contributed by atoms with Gasteiger partial charge in [0, 0.05) is 6.20 Å². The zero-order chi connectivity index (χ0) is 14.3. The Kier molecular flexibility index (Phi) is 3.06. The molecule has 2 aromatic heterocycles. The van der Waals surface area contributed by atoms with Crippen molar-refractivity contribution in [2.24, 2.45) is 0 Å². The molecule has 3 rings (SSSR count). The maximum absolute atomic E-state index is 14.0. The van der Waals surface area contributed by atoms with Crippen molar-refractivity contribution in [3.05, 3.63) is 40.9 Å². The van der Waals surface area contributed by atoms with Crippen LogP contribution in [0.25, 0.3) is 22.3 Å². The third-order valence-corrected chi connectivity index (χ3v) is 3.43. The van der Waals surface area contributed by atoms with E-state index in [4.69, 9.17) is 11.6 Å². The van der Waals surface area contributed by atoms with Crippen LogP contribution in [0.4, 0.5) is 4.39 Å². The van der Waals surface area contributed by atoms with Crippen LogP contribution in [0.1, 0.15) is 12.6 Å². The summed E-state index contributed by atoms with van der Waals surface area (Å²) in [7, 11) is 0. The van der Waals surface area contributed by atoms with Crippen LogP contribution in [0.15, 0.2) is 24.4 Å². The van der Waals surface area contributed by atoms with Gasteiger partial charge in [0.1, 0.15) is 5.82 Å². The minimum absolute atomic E-state index is 0.0167. The number of rotatable bonds is 2. The SMILES string of the molecule is CCc1nc(-c2c(F)cccc2Cl)nc2c[nH]c(O)c12. The van der Waals surface area contributed by atoms with E-state index in [9.17, 15) is 9.50 Å². The van der Waals surface area contributed by atoms with Crippen molar-refractivity contribution in [1.29, 1.82) is 0 Å². The van der Waals surface area contributed by atoms with Crippen molar-refractivity contribution in [1.82, 2.24) is 15.0 Å². The van der Waals surface area contributed by atoms with E-state index in [2.05, 4.69) is 15.0 Å². The Morgan fingerprint density at radius 3 is 2.85 bits per heavy atom. The number of benzene rings is 1. The van der Waals surface area contributed by atoms with Crippen LogP contribution in [-0.2, 0) is 6.42 Å². The molecule has 0 unspecified atom stereocenters. The van der Waals surface area contributed by atoms with Crippen LogP contribution in [0.5, 0.6) is 5.88 Å². The second-order valence-electron chi connectivity index (χ2n) is 4.34. The van der Waals surface area contributed by atoms with Crippen LogP contribution in [0, 0.1) is 5.82 Å². The summed E-state index contributed by atoms with van der Waals surface area (Å²) in [5, 5.41) is 10.6. The maximum Gasteiger partial charge on any atom is 0.199 e. The summed E-state index contributed by atoms with van der Waals surface area (Å²) in [6, 6.07) is 4.44. The van der Waals surface area contributed by atoms with Gasteiger partial charge in [0.05, 0.1) is 27.2 Å². The van der Waals surface area contributed by atoms with Crippen molar-refractivity contribution in [2.75, 3.05) is 0 Å². The Morgan fingerprint density at radius 1 is 1.35 bits per heavy atom. The highest BCUT2D eigenvalue weighted by atomic mass is 35.5. The predicted molar refractivity (Wildman–Crippen MR) is 75.3 cm³/mol. The molecule has 1 aromatic carbocycles. The summed E-state index contributed by atoms with van der Waals surface area (Å²) >= 11 is 6.04. The quantitative estimate of drug-likeness (QED) is 0.757. The summed E-state index contributed by atoms with van der Waals surface area (Å²) in [6.45, 7) is 1.90. The lowest BCUT2D eigenvalue weighted by Crippen LogP contribution is -1.98. The van der Waals surface area contributed by atoms with Gasteiger partial charge in [-0.15, -0.1) is 0 Å². The van der Waals surface area contributed by atoms with Crippen molar-refractivity contribution in [3.8, 4) is 17.3 Å². The number of hydrogen-bond acceptors (Lipinski definition) is 3. The van der Waals surface area contributed by atoms with Gasteiger partial charge in [-0.1, -0.05) is 24.6 Å². The monoisotopic (exact) mass is 291 g/mol. The second kappa shape index (κ2) is 4.76. The minimum Gasteiger partial charge on any atom is -0.494 e. The highest BCUT2D eigenvalue weighted by molar-refractivity contribution is 6.33. The lowest BCUT2D eigenvalue weighted by molar-refractivity contribution is 0.462. The largest absolute Gasteiger partial charge is 0.494 e. The zero-order valence-corrected chi connectivity index (χ0v) is 11.4. The van der Waals surface area contributed by atoms with Crippen molar-refractivity contribution >= 4 is 22.5 Å². The lowest BCUT2D eigenvalue weighted by Gasteiger charge is -2.07. The van der Waals surface area contributed by atoms with Crippen molar-refractivity contribution < 1.29 is 9.50 Å². The molecule has 20 heavy (non-hydrogen) atoms. The van der Waals surface area contributed by atoms with E-state index in [0.29, 0.717) is 23.0 Å². The molecule has 0 aliphatic carbocycles.